The molecule has 0 aromatic heterocycles. The van der Waals surface area contributed by atoms with Crippen molar-refractivity contribution in [1.29, 1.82) is 0 Å². The first kappa shape index (κ1) is 22.2. The SMILES string of the molecule is Cc1ccc(N2c3ccc(/C=C(\c4ccccc4)c4ccc(Cl)cc4)cc3C3CCCCC32)cc1. The zero-order chi connectivity index (χ0) is 23.8. The van der Waals surface area contributed by atoms with E-state index < -0.39 is 0 Å². The van der Waals surface area contributed by atoms with Crippen molar-refractivity contribution in [3.05, 3.63) is 130 Å². The fraction of sp³-hybridized carbons (Fsp3) is 0.212. The van der Waals surface area contributed by atoms with Crippen LogP contribution < -0.4 is 4.90 Å². The Morgan fingerprint density at radius 3 is 2.29 bits per heavy atom. The van der Waals surface area contributed by atoms with Crippen molar-refractivity contribution in [3.63, 3.8) is 0 Å². The molecule has 0 amide bonds. The Morgan fingerprint density at radius 1 is 0.800 bits per heavy atom. The molecule has 6 rings (SSSR count). The molecule has 0 saturated heterocycles. The van der Waals surface area contributed by atoms with Crippen molar-refractivity contribution in [2.24, 2.45) is 0 Å². The topological polar surface area (TPSA) is 3.24 Å². The summed E-state index contributed by atoms with van der Waals surface area (Å²) in [5, 5.41) is 0.762. The minimum absolute atomic E-state index is 0.561. The van der Waals surface area contributed by atoms with Gasteiger partial charge in [-0.3, -0.25) is 0 Å². The van der Waals surface area contributed by atoms with Crippen molar-refractivity contribution >= 4 is 34.6 Å². The Labute approximate surface area is 213 Å². The molecule has 0 N–H and O–H groups in total. The first-order valence-corrected chi connectivity index (χ1v) is 13.1. The van der Waals surface area contributed by atoms with Crippen molar-refractivity contribution < 1.29 is 0 Å². The lowest BCUT2D eigenvalue weighted by Gasteiger charge is -2.33. The van der Waals surface area contributed by atoms with Gasteiger partial charge in [0, 0.05) is 28.4 Å². The van der Waals surface area contributed by atoms with Crippen molar-refractivity contribution in [1.82, 2.24) is 0 Å². The van der Waals surface area contributed by atoms with Crippen LogP contribution in [0.25, 0.3) is 11.6 Å². The van der Waals surface area contributed by atoms with Crippen molar-refractivity contribution in [3.8, 4) is 0 Å². The van der Waals surface area contributed by atoms with Crippen LogP contribution in [0.2, 0.25) is 5.02 Å². The van der Waals surface area contributed by atoms with Crippen LogP contribution in [0.5, 0.6) is 0 Å². The molecule has 0 bridgehead atoms. The number of nitrogens with zero attached hydrogens (tertiary/aromatic N) is 1. The molecular formula is C33H30ClN. The molecule has 1 saturated carbocycles. The quantitative estimate of drug-likeness (QED) is 0.265. The number of hydrogen-bond donors (Lipinski definition) is 0. The van der Waals surface area contributed by atoms with E-state index in [0.29, 0.717) is 12.0 Å². The van der Waals surface area contributed by atoms with E-state index in [4.69, 9.17) is 11.6 Å². The van der Waals surface area contributed by atoms with Gasteiger partial charge in [0.25, 0.3) is 0 Å². The van der Waals surface area contributed by atoms with Gasteiger partial charge in [-0.25, -0.2) is 0 Å². The Balaban J connectivity index is 1.45. The fourth-order valence-electron chi connectivity index (χ4n) is 5.92. The van der Waals surface area contributed by atoms with E-state index in [2.05, 4.69) is 103 Å². The van der Waals surface area contributed by atoms with Crippen molar-refractivity contribution in [2.75, 3.05) is 4.90 Å². The predicted octanol–water partition coefficient (Wildman–Crippen LogP) is 9.42. The molecule has 1 fully saturated rings. The Kier molecular flexibility index (Phi) is 5.96. The van der Waals surface area contributed by atoms with Crippen LogP contribution >= 0.6 is 11.6 Å². The van der Waals surface area contributed by atoms with E-state index in [1.54, 1.807) is 0 Å². The summed E-state index contributed by atoms with van der Waals surface area (Å²) in [7, 11) is 0. The average molecular weight is 476 g/mol. The van der Waals surface area contributed by atoms with Crippen LogP contribution in [0.1, 0.15) is 59.4 Å². The number of rotatable bonds is 4. The smallest absolute Gasteiger partial charge is 0.0450 e. The molecule has 2 heteroatoms. The van der Waals surface area contributed by atoms with Crippen LogP contribution in [0, 0.1) is 6.92 Å². The molecule has 4 aromatic carbocycles. The number of anilines is 2. The van der Waals surface area contributed by atoms with Crippen molar-refractivity contribution in [2.45, 2.75) is 44.6 Å². The zero-order valence-electron chi connectivity index (χ0n) is 20.1. The van der Waals surface area contributed by atoms with Gasteiger partial charge in [0.05, 0.1) is 0 Å². The molecule has 0 spiro atoms. The van der Waals surface area contributed by atoms with Gasteiger partial charge < -0.3 is 4.90 Å². The maximum atomic E-state index is 6.20. The second-order valence-corrected chi connectivity index (χ2v) is 10.3. The summed E-state index contributed by atoms with van der Waals surface area (Å²) in [6, 6.07) is 35.5. The fourth-order valence-corrected chi connectivity index (χ4v) is 6.05. The monoisotopic (exact) mass is 475 g/mol. The number of halogens is 1. The van der Waals surface area contributed by atoms with Gasteiger partial charge in [0.2, 0.25) is 0 Å². The van der Waals surface area contributed by atoms with Crippen LogP contribution in [0.15, 0.2) is 97.1 Å². The molecule has 1 heterocycles. The summed E-state index contributed by atoms with van der Waals surface area (Å²) in [5.41, 5.74) is 10.4. The first-order valence-electron chi connectivity index (χ1n) is 12.7. The van der Waals surface area contributed by atoms with Crippen LogP contribution in [-0.2, 0) is 0 Å². The van der Waals surface area contributed by atoms with E-state index in [1.807, 2.05) is 12.1 Å². The van der Waals surface area contributed by atoms with Gasteiger partial charge in [-0.1, -0.05) is 90.7 Å². The van der Waals surface area contributed by atoms with Crippen LogP contribution in [0.4, 0.5) is 11.4 Å². The molecule has 1 aliphatic heterocycles. The van der Waals surface area contributed by atoms with E-state index in [0.717, 1.165) is 5.02 Å². The summed E-state index contributed by atoms with van der Waals surface area (Å²) in [5.74, 6) is 0.601. The minimum Gasteiger partial charge on any atom is -0.338 e. The predicted molar refractivity (Wildman–Crippen MR) is 150 cm³/mol. The lowest BCUT2D eigenvalue weighted by molar-refractivity contribution is 0.402. The molecule has 174 valence electrons. The van der Waals surface area contributed by atoms with Crippen LogP contribution in [-0.4, -0.2) is 6.04 Å². The van der Waals surface area contributed by atoms with Gasteiger partial charge in [-0.2, -0.15) is 0 Å². The molecule has 35 heavy (non-hydrogen) atoms. The third kappa shape index (κ3) is 4.30. The molecule has 4 aromatic rings. The zero-order valence-corrected chi connectivity index (χ0v) is 20.9. The highest BCUT2D eigenvalue weighted by molar-refractivity contribution is 6.30. The van der Waals surface area contributed by atoms with Gasteiger partial charge in [-0.15, -0.1) is 0 Å². The first-order chi connectivity index (χ1) is 17.2. The second-order valence-electron chi connectivity index (χ2n) is 9.91. The summed E-state index contributed by atoms with van der Waals surface area (Å²) in [6.45, 7) is 2.16. The lowest BCUT2D eigenvalue weighted by atomic mass is 9.82. The molecule has 2 unspecified atom stereocenters. The molecule has 2 aliphatic rings. The van der Waals surface area contributed by atoms with E-state index in [-0.39, 0.29) is 0 Å². The number of hydrogen-bond acceptors (Lipinski definition) is 1. The third-order valence-electron chi connectivity index (χ3n) is 7.63. The van der Waals surface area contributed by atoms with E-state index in [9.17, 15) is 0 Å². The highest BCUT2D eigenvalue weighted by Gasteiger charge is 2.40. The molecule has 1 nitrogen and oxygen atoms in total. The summed E-state index contributed by atoms with van der Waals surface area (Å²) >= 11 is 6.20. The van der Waals surface area contributed by atoms with Gasteiger partial charge in [-0.05, 0) is 90.1 Å². The Morgan fingerprint density at radius 2 is 1.51 bits per heavy atom. The summed E-state index contributed by atoms with van der Waals surface area (Å²) in [6.07, 6.45) is 7.51. The van der Waals surface area contributed by atoms with E-state index >= 15 is 0 Å². The maximum absolute atomic E-state index is 6.20. The molecular weight excluding hydrogens is 446 g/mol. The second kappa shape index (κ2) is 9.40. The summed E-state index contributed by atoms with van der Waals surface area (Å²) in [4.78, 5) is 2.61. The minimum atomic E-state index is 0.561. The Bertz CT molecular complexity index is 1350. The van der Waals surface area contributed by atoms with Gasteiger partial charge in [0.15, 0.2) is 0 Å². The summed E-state index contributed by atoms with van der Waals surface area (Å²) < 4.78 is 0. The third-order valence-corrected chi connectivity index (χ3v) is 7.89. The number of fused-ring (bicyclic) bond motifs is 3. The number of benzene rings is 4. The molecule has 1 aliphatic carbocycles. The number of aryl methyl sites for hydroxylation is 1. The van der Waals surface area contributed by atoms with E-state index in [1.165, 1.54) is 70.4 Å². The molecule has 2 atom stereocenters. The van der Waals surface area contributed by atoms with Gasteiger partial charge >= 0.3 is 0 Å². The van der Waals surface area contributed by atoms with Gasteiger partial charge in [0.1, 0.15) is 0 Å². The lowest BCUT2D eigenvalue weighted by Crippen LogP contribution is -2.32. The normalized spacial score (nSPS) is 19.4. The standard InChI is InChI=1S/C33H30ClN/c1-23-11-18-28(19-12-23)35-32-10-6-5-9-29(32)31-22-24(13-20-33(31)35)21-30(25-7-3-2-4-8-25)26-14-16-27(34)17-15-26/h2-4,7-8,11-22,29,32H,5-6,9-10H2,1H3/b30-21+. The molecule has 0 radical (unpaired) electrons. The van der Waals surface area contributed by atoms with Crippen LogP contribution in [0.3, 0.4) is 0 Å². The maximum Gasteiger partial charge on any atom is 0.0450 e. The average Bonchev–Trinajstić information content (AvgIpc) is 3.23. The highest BCUT2D eigenvalue weighted by Crippen LogP contribution is 2.51. The Hall–Kier alpha value is -3.29. The largest absolute Gasteiger partial charge is 0.338 e. The highest BCUT2D eigenvalue weighted by atomic mass is 35.5.